The van der Waals surface area contributed by atoms with Gasteiger partial charge in [0.1, 0.15) is 0 Å². The molecule has 27 heavy (non-hydrogen) atoms. The van der Waals surface area contributed by atoms with Crippen molar-refractivity contribution in [3.63, 3.8) is 0 Å². The Morgan fingerprint density at radius 1 is 1.00 bits per heavy atom. The number of hydrogen-bond acceptors (Lipinski definition) is 3. The van der Waals surface area contributed by atoms with Crippen LogP contribution in [0.4, 0.5) is 0 Å². The number of unbranched alkanes of at least 4 members (excludes halogenated alkanes) is 1. The van der Waals surface area contributed by atoms with Crippen LogP contribution in [-0.2, 0) is 5.60 Å². The Morgan fingerprint density at radius 2 is 1.63 bits per heavy atom. The van der Waals surface area contributed by atoms with Crippen LogP contribution in [0.15, 0.2) is 59.1 Å². The van der Waals surface area contributed by atoms with E-state index in [1.807, 2.05) is 42.5 Å². The zero-order chi connectivity index (χ0) is 19.0. The molecule has 150 valence electrons. The molecule has 0 radical (unpaired) electrons. The molecule has 0 fully saturated rings. The third-order valence-electron chi connectivity index (χ3n) is 5.03. The highest BCUT2D eigenvalue weighted by Crippen LogP contribution is 2.42. The summed E-state index contributed by atoms with van der Waals surface area (Å²) in [6, 6.07) is 18.2. The molecule has 2 unspecified atom stereocenters. The van der Waals surface area contributed by atoms with Gasteiger partial charge in [0.05, 0.1) is 5.60 Å². The maximum Gasteiger partial charge on any atom is 0.0999 e. The van der Waals surface area contributed by atoms with Gasteiger partial charge in [0, 0.05) is 23.5 Å². The smallest absolute Gasteiger partial charge is 0.0999 e. The zero-order valence-electron chi connectivity index (χ0n) is 16.1. The molecule has 0 aliphatic rings. The first kappa shape index (κ1) is 24.1. The second kappa shape index (κ2) is 11.8. The van der Waals surface area contributed by atoms with E-state index in [1.54, 1.807) is 0 Å². The van der Waals surface area contributed by atoms with Crippen molar-refractivity contribution < 1.29 is 10.2 Å². The molecule has 0 saturated carbocycles. The van der Waals surface area contributed by atoms with Gasteiger partial charge in [-0.25, -0.2) is 0 Å². The van der Waals surface area contributed by atoms with E-state index in [0.717, 1.165) is 35.0 Å². The lowest BCUT2D eigenvalue weighted by atomic mass is 9.70. The summed E-state index contributed by atoms with van der Waals surface area (Å²) in [6.45, 7) is 5.88. The number of benzene rings is 2. The Morgan fingerprint density at radius 3 is 2.19 bits per heavy atom. The SMILES string of the molecule is CC(C)C(O)(c1ccc(Br)cc1)C(CNCCCCO)c1ccccc1.Cl. The number of nitrogens with one attached hydrogen (secondary N) is 1. The fourth-order valence-electron chi connectivity index (χ4n) is 3.47. The molecule has 0 saturated heterocycles. The molecule has 0 bridgehead atoms. The number of aliphatic hydroxyl groups excluding tert-OH is 1. The van der Waals surface area contributed by atoms with Crippen molar-refractivity contribution in [2.24, 2.45) is 5.92 Å². The molecule has 2 atom stereocenters. The molecule has 5 heteroatoms. The molecule has 2 rings (SSSR count). The van der Waals surface area contributed by atoms with Crippen LogP contribution >= 0.6 is 28.3 Å². The van der Waals surface area contributed by atoms with Crippen LogP contribution in [0.3, 0.4) is 0 Å². The van der Waals surface area contributed by atoms with Gasteiger partial charge in [0.2, 0.25) is 0 Å². The molecule has 3 N–H and O–H groups in total. The first-order valence-corrected chi connectivity index (χ1v) is 10.1. The summed E-state index contributed by atoms with van der Waals surface area (Å²) in [4.78, 5) is 0. The summed E-state index contributed by atoms with van der Waals surface area (Å²) in [6.07, 6.45) is 1.72. The van der Waals surface area contributed by atoms with E-state index < -0.39 is 5.60 Å². The van der Waals surface area contributed by atoms with Gasteiger partial charge in [-0.2, -0.15) is 0 Å². The lowest BCUT2D eigenvalue weighted by molar-refractivity contribution is -0.0370. The van der Waals surface area contributed by atoms with E-state index in [2.05, 4.69) is 47.2 Å². The summed E-state index contributed by atoms with van der Waals surface area (Å²) in [5, 5.41) is 24.3. The standard InChI is InChI=1S/C22H30BrNO2.ClH/c1-17(2)22(26,19-10-12-20(23)13-11-19)21(16-24-14-6-7-15-25)18-8-4-3-5-9-18;/h3-5,8-13,17,21,24-26H,6-7,14-16H2,1-2H3;1H. The molecule has 2 aromatic carbocycles. The topological polar surface area (TPSA) is 52.5 Å². The second-order valence-corrected chi connectivity index (χ2v) is 8.00. The monoisotopic (exact) mass is 455 g/mol. The summed E-state index contributed by atoms with van der Waals surface area (Å²) < 4.78 is 1.01. The van der Waals surface area contributed by atoms with Gasteiger partial charge in [0.15, 0.2) is 0 Å². The van der Waals surface area contributed by atoms with Crippen LogP contribution in [0, 0.1) is 5.92 Å². The predicted octanol–water partition coefficient (Wildman–Crippen LogP) is 4.86. The summed E-state index contributed by atoms with van der Waals surface area (Å²) in [7, 11) is 0. The fraction of sp³-hybridized carbons (Fsp3) is 0.455. The van der Waals surface area contributed by atoms with Crippen LogP contribution in [0.25, 0.3) is 0 Å². The summed E-state index contributed by atoms with van der Waals surface area (Å²) >= 11 is 3.48. The highest BCUT2D eigenvalue weighted by Gasteiger charge is 2.41. The Balaban J connectivity index is 0.00000364. The third-order valence-corrected chi connectivity index (χ3v) is 5.56. The summed E-state index contributed by atoms with van der Waals surface area (Å²) in [5.74, 6) is -0.0212. The summed E-state index contributed by atoms with van der Waals surface area (Å²) in [5.41, 5.74) is 1.08. The predicted molar refractivity (Wildman–Crippen MR) is 118 cm³/mol. The molecule has 0 aromatic heterocycles. The first-order valence-electron chi connectivity index (χ1n) is 9.35. The largest absolute Gasteiger partial charge is 0.396 e. The van der Waals surface area contributed by atoms with E-state index in [-0.39, 0.29) is 30.8 Å². The Labute approximate surface area is 177 Å². The van der Waals surface area contributed by atoms with Crippen molar-refractivity contribution in [3.05, 3.63) is 70.2 Å². The quantitative estimate of drug-likeness (QED) is 0.447. The maximum absolute atomic E-state index is 11.9. The fourth-order valence-corrected chi connectivity index (χ4v) is 3.74. The van der Waals surface area contributed by atoms with Crippen LogP contribution in [0.1, 0.15) is 43.7 Å². The van der Waals surface area contributed by atoms with Gasteiger partial charge in [-0.05, 0) is 48.6 Å². The van der Waals surface area contributed by atoms with Crippen LogP contribution < -0.4 is 5.32 Å². The van der Waals surface area contributed by atoms with Gasteiger partial charge in [0.25, 0.3) is 0 Å². The number of hydrogen-bond donors (Lipinski definition) is 3. The van der Waals surface area contributed by atoms with Crippen LogP contribution in [0.5, 0.6) is 0 Å². The minimum atomic E-state index is -0.980. The van der Waals surface area contributed by atoms with Crippen LogP contribution in [0.2, 0.25) is 0 Å². The number of rotatable bonds is 10. The van der Waals surface area contributed by atoms with Gasteiger partial charge in [-0.3, -0.25) is 0 Å². The molecule has 0 aliphatic heterocycles. The van der Waals surface area contributed by atoms with Gasteiger partial charge >= 0.3 is 0 Å². The Hall–Kier alpha value is -0.910. The molecule has 2 aromatic rings. The lowest BCUT2D eigenvalue weighted by Gasteiger charge is -2.41. The Kier molecular flexibility index (Phi) is 10.6. The molecule has 0 amide bonds. The Bertz CT molecular complexity index is 651. The number of aliphatic hydroxyl groups is 2. The van der Waals surface area contributed by atoms with Gasteiger partial charge in [-0.1, -0.05) is 72.2 Å². The maximum atomic E-state index is 11.9. The van der Waals surface area contributed by atoms with Crippen LogP contribution in [-0.4, -0.2) is 29.9 Å². The average molecular weight is 457 g/mol. The first-order chi connectivity index (χ1) is 12.5. The van der Waals surface area contributed by atoms with Crippen molar-refractivity contribution in [2.45, 2.75) is 38.2 Å². The minimum absolute atomic E-state index is 0. The molecule has 0 heterocycles. The van der Waals surface area contributed by atoms with E-state index in [4.69, 9.17) is 5.11 Å². The molecular formula is C22H31BrClNO2. The van der Waals surface area contributed by atoms with Crippen molar-refractivity contribution in [1.29, 1.82) is 0 Å². The normalized spacial score (nSPS) is 14.4. The molecular weight excluding hydrogens is 426 g/mol. The minimum Gasteiger partial charge on any atom is -0.396 e. The zero-order valence-corrected chi connectivity index (χ0v) is 18.5. The van der Waals surface area contributed by atoms with Gasteiger partial charge < -0.3 is 15.5 Å². The van der Waals surface area contributed by atoms with Crippen molar-refractivity contribution in [1.82, 2.24) is 5.32 Å². The second-order valence-electron chi connectivity index (χ2n) is 7.09. The molecule has 0 spiro atoms. The molecule has 0 aliphatic carbocycles. The lowest BCUT2D eigenvalue weighted by Crippen LogP contribution is -2.43. The highest BCUT2D eigenvalue weighted by atomic mass is 79.9. The van der Waals surface area contributed by atoms with Gasteiger partial charge in [-0.15, -0.1) is 12.4 Å². The average Bonchev–Trinajstić information content (AvgIpc) is 2.65. The van der Waals surface area contributed by atoms with Crippen molar-refractivity contribution in [3.8, 4) is 0 Å². The van der Waals surface area contributed by atoms with Crippen molar-refractivity contribution >= 4 is 28.3 Å². The van der Waals surface area contributed by atoms with E-state index in [9.17, 15) is 5.11 Å². The van der Waals surface area contributed by atoms with E-state index >= 15 is 0 Å². The van der Waals surface area contributed by atoms with Crippen molar-refractivity contribution in [2.75, 3.05) is 19.7 Å². The highest BCUT2D eigenvalue weighted by molar-refractivity contribution is 9.10. The third kappa shape index (κ3) is 6.30. The number of halogens is 2. The molecule has 3 nitrogen and oxygen atoms in total. The van der Waals surface area contributed by atoms with E-state index in [1.165, 1.54) is 0 Å². The van der Waals surface area contributed by atoms with E-state index in [0.29, 0.717) is 6.54 Å².